The van der Waals surface area contributed by atoms with E-state index < -0.39 is 0 Å². The topological polar surface area (TPSA) is 26.3 Å². The molecule has 2 heteroatoms. The van der Waals surface area contributed by atoms with Crippen molar-refractivity contribution in [2.75, 3.05) is 6.61 Å². The minimum Gasteiger partial charge on any atom is -0.493 e. The van der Waals surface area contributed by atoms with Gasteiger partial charge in [-0.25, -0.2) is 0 Å². The lowest BCUT2D eigenvalue weighted by Crippen LogP contribution is -2.22. The average Bonchev–Trinajstić information content (AvgIpc) is 2.55. The van der Waals surface area contributed by atoms with E-state index in [4.69, 9.17) is 4.74 Å². The van der Waals surface area contributed by atoms with Gasteiger partial charge in [-0.15, -0.1) is 0 Å². The molecule has 0 N–H and O–H groups in total. The van der Waals surface area contributed by atoms with Gasteiger partial charge in [0.05, 0.1) is 6.61 Å². The molecule has 0 radical (unpaired) electrons. The van der Waals surface area contributed by atoms with Crippen LogP contribution in [0, 0.1) is 0 Å². The molecule has 2 nitrogen and oxygen atoms in total. The number of hydrogen-bond donors (Lipinski definition) is 0. The number of aldehydes is 1. The summed E-state index contributed by atoms with van der Waals surface area (Å²) in [7, 11) is 0. The molecule has 24 heavy (non-hydrogen) atoms. The Hall–Kier alpha value is -1.57. The minimum atomic E-state index is 0.0144. The highest BCUT2D eigenvalue weighted by molar-refractivity contribution is 5.83. The molecule has 1 aromatic carbocycles. The van der Waals surface area contributed by atoms with Gasteiger partial charge in [0.25, 0.3) is 0 Å². The van der Waals surface area contributed by atoms with E-state index >= 15 is 0 Å². The maximum absolute atomic E-state index is 11.0. The molecule has 1 aromatic rings. The summed E-state index contributed by atoms with van der Waals surface area (Å²) >= 11 is 0. The van der Waals surface area contributed by atoms with Gasteiger partial charge in [-0.2, -0.15) is 0 Å². The van der Waals surface area contributed by atoms with E-state index in [1.807, 2.05) is 13.8 Å². The Bertz CT molecular complexity index is 607. The van der Waals surface area contributed by atoms with E-state index in [0.29, 0.717) is 6.61 Å². The standard InChI is InChI=1S/C22H34O2/c1-9-21(5,6)17-14-18(16(4)12-13-23)20(24-11-3)19(15-17)22(7,8)10-2/h12-15H,9-11H2,1-8H3/b16-12-. The number of rotatable bonds is 8. The van der Waals surface area contributed by atoms with Crippen LogP contribution in [0.25, 0.3) is 5.57 Å². The molecule has 0 aliphatic carbocycles. The Labute approximate surface area is 148 Å². The second-order valence-electron chi connectivity index (χ2n) is 7.79. The molecule has 134 valence electrons. The van der Waals surface area contributed by atoms with Crippen molar-refractivity contribution < 1.29 is 9.53 Å². The van der Waals surface area contributed by atoms with Crippen LogP contribution in [0.1, 0.15) is 84.9 Å². The van der Waals surface area contributed by atoms with Crippen molar-refractivity contribution in [3.05, 3.63) is 34.9 Å². The monoisotopic (exact) mass is 330 g/mol. The highest BCUT2D eigenvalue weighted by Gasteiger charge is 2.29. The molecule has 0 saturated heterocycles. The summed E-state index contributed by atoms with van der Waals surface area (Å²) in [6.45, 7) is 18.1. The average molecular weight is 331 g/mol. The van der Waals surface area contributed by atoms with E-state index in [9.17, 15) is 4.79 Å². The maximum atomic E-state index is 11.0. The lowest BCUT2D eigenvalue weighted by molar-refractivity contribution is -0.104. The molecule has 0 spiro atoms. The fourth-order valence-corrected chi connectivity index (χ4v) is 2.70. The number of carbonyl (C=O) groups is 1. The van der Waals surface area contributed by atoms with Gasteiger partial charge in [0.1, 0.15) is 12.0 Å². The zero-order chi connectivity index (χ0) is 18.5. The SMILES string of the molecule is CCOc1c(/C(C)=C\C=O)cc(C(C)(C)CC)cc1C(C)(C)CC. The summed E-state index contributed by atoms with van der Waals surface area (Å²) in [5.41, 5.74) is 4.63. The van der Waals surface area contributed by atoms with Gasteiger partial charge >= 0.3 is 0 Å². The lowest BCUT2D eigenvalue weighted by atomic mass is 9.74. The zero-order valence-electron chi connectivity index (χ0n) is 16.7. The van der Waals surface area contributed by atoms with E-state index in [0.717, 1.165) is 36.0 Å². The van der Waals surface area contributed by atoms with Gasteiger partial charge in [-0.05, 0) is 60.8 Å². The van der Waals surface area contributed by atoms with Crippen LogP contribution in [-0.2, 0) is 15.6 Å². The van der Waals surface area contributed by atoms with Crippen LogP contribution in [0.4, 0.5) is 0 Å². The number of carbonyl (C=O) groups excluding carboxylic acids is 1. The van der Waals surface area contributed by atoms with Gasteiger partial charge in [0, 0.05) is 11.1 Å². The van der Waals surface area contributed by atoms with Gasteiger partial charge in [-0.1, -0.05) is 47.6 Å². The Morgan fingerprint density at radius 3 is 2.08 bits per heavy atom. The first kappa shape index (κ1) is 20.5. The number of ether oxygens (including phenoxy) is 1. The molecule has 0 heterocycles. The third-order valence-electron chi connectivity index (χ3n) is 5.40. The van der Waals surface area contributed by atoms with Crippen molar-refractivity contribution in [3.8, 4) is 5.75 Å². The highest BCUT2D eigenvalue weighted by atomic mass is 16.5. The molecule has 0 bridgehead atoms. The molecule has 0 atom stereocenters. The fraction of sp³-hybridized carbons (Fsp3) is 0.591. The van der Waals surface area contributed by atoms with Crippen molar-refractivity contribution in [1.29, 1.82) is 0 Å². The van der Waals surface area contributed by atoms with Crippen LogP contribution in [0.2, 0.25) is 0 Å². The largest absolute Gasteiger partial charge is 0.493 e. The van der Waals surface area contributed by atoms with E-state index in [1.54, 1.807) is 6.08 Å². The van der Waals surface area contributed by atoms with E-state index in [-0.39, 0.29) is 10.8 Å². The number of allylic oxidation sites excluding steroid dienone is 2. The van der Waals surface area contributed by atoms with Gasteiger partial charge in [0.2, 0.25) is 0 Å². The lowest BCUT2D eigenvalue weighted by Gasteiger charge is -2.32. The van der Waals surface area contributed by atoms with Crippen molar-refractivity contribution in [1.82, 2.24) is 0 Å². The molecule has 0 saturated carbocycles. The molecule has 0 aliphatic rings. The third kappa shape index (κ3) is 4.28. The second-order valence-corrected chi connectivity index (χ2v) is 7.79. The Morgan fingerprint density at radius 1 is 1.04 bits per heavy atom. The van der Waals surface area contributed by atoms with Crippen LogP contribution in [0.5, 0.6) is 5.75 Å². The van der Waals surface area contributed by atoms with Gasteiger partial charge in [-0.3, -0.25) is 4.79 Å². The Morgan fingerprint density at radius 2 is 1.62 bits per heavy atom. The molecular weight excluding hydrogens is 296 g/mol. The van der Waals surface area contributed by atoms with Crippen molar-refractivity contribution in [2.45, 2.75) is 79.1 Å². The van der Waals surface area contributed by atoms with Crippen molar-refractivity contribution in [2.24, 2.45) is 0 Å². The van der Waals surface area contributed by atoms with Crippen molar-refractivity contribution >= 4 is 11.9 Å². The first-order chi connectivity index (χ1) is 11.1. The summed E-state index contributed by atoms with van der Waals surface area (Å²) in [5.74, 6) is 0.926. The molecular formula is C22H34O2. The molecule has 0 fully saturated rings. The summed E-state index contributed by atoms with van der Waals surface area (Å²) in [5, 5.41) is 0. The molecule has 0 unspecified atom stereocenters. The predicted molar refractivity (Wildman–Crippen MR) is 104 cm³/mol. The van der Waals surface area contributed by atoms with Crippen LogP contribution in [-0.4, -0.2) is 12.9 Å². The maximum Gasteiger partial charge on any atom is 0.143 e. The third-order valence-corrected chi connectivity index (χ3v) is 5.40. The van der Waals surface area contributed by atoms with Crippen molar-refractivity contribution in [3.63, 3.8) is 0 Å². The minimum absolute atomic E-state index is 0.0144. The normalized spacial score (nSPS) is 13.1. The molecule has 0 aliphatic heterocycles. The smallest absolute Gasteiger partial charge is 0.143 e. The van der Waals surface area contributed by atoms with Crippen LogP contribution >= 0.6 is 0 Å². The molecule has 1 rings (SSSR count). The first-order valence-electron chi connectivity index (χ1n) is 9.08. The summed E-state index contributed by atoms with van der Waals surface area (Å²) in [4.78, 5) is 11.0. The van der Waals surface area contributed by atoms with Crippen LogP contribution in [0.15, 0.2) is 18.2 Å². The fourth-order valence-electron chi connectivity index (χ4n) is 2.70. The summed E-state index contributed by atoms with van der Waals surface area (Å²) < 4.78 is 6.07. The number of benzene rings is 1. The highest BCUT2D eigenvalue weighted by Crippen LogP contribution is 2.42. The molecule has 0 aromatic heterocycles. The number of hydrogen-bond acceptors (Lipinski definition) is 2. The van der Waals surface area contributed by atoms with Gasteiger partial charge < -0.3 is 4.74 Å². The van der Waals surface area contributed by atoms with E-state index in [1.165, 1.54) is 11.1 Å². The zero-order valence-corrected chi connectivity index (χ0v) is 16.7. The van der Waals surface area contributed by atoms with Crippen LogP contribution < -0.4 is 4.74 Å². The summed E-state index contributed by atoms with van der Waals surface area (Å²) in [6, 6.07) is 4.52. The second kappa shape index (κ2) is 8.00. The summed E-state index contributed by atoms with van der Waals surface area (Å²) in [6.07, 6.45) is 4.57. The Balaban J connectivity index is 3.83. The first-order valence-corrected chi connectivity index (χ1v) is 9.08. The van der Waals surface area contributed by atoms with Gasteiger partial charge in [0.15, 0.2) is 0 Å². The van der Waals surface area contributed by atoms with E-state index in [2.05, 4.69) is 53.7 Å². The van der Waals surface area contributed by atoms with Crippen LogP contribution in [0.3, 0.4) is 0 Å². The quantitative estimate of drug-likeness (QED) is 0.427. The predicted octanol–water partition coefficient (Wildman–Crippen LogP) is 6.06. The Kier molecular flexibility index (Phi) is 6.83. The molecule has 0 amide bonds.